The molecule has 14 heavy (non-hydrogen) atoms. The molecule has 0 saturated heterocycles. The maximum atomic E-state index is 9.04. The summed E-state index contributed by atoms with van der Waals surface area (Å²) in [7, 11) is 0. The average molecular weight is 212 g/mol. The largest absolute Gasteiger partial charge is 0.508 e. The Morgan fingerprint density at radius 3 is 2.64 bits per heavy atom. The van der Waals surface area contributed by atoms with E-state index in [1.54, 1.807) is 24.3 Å². The van der Waals surface area contributed by atoms with Crippen LogP contribution in [-0.2, 0) is 0 Å². The van der Waals surface area contributed by atoms with Crippen LogP contribution < -0.4 is 4.74 Å². The molecular weight excluding hydrogens is 196 g/mol. The van der Waals surface area contributed by atoms with Crippen molar-refractivity contribution in [2.24, 2.45) is 0 Å². The number of aromatic hydroxyl groups is 1. The van der Waals surface area contributed by atoms with Crippen molar-refractivity contribution in [3.8, 4) is 11.5 Å². The molecule has 1 N–H and O–H groups in total. The van der Waals surface area contributed by atoms with Crippen LogP contribution in [0.3, 0.4) is 0 Å². The van der Waals surface area contributed by atoms with Crippen molar-refractivity contribution in [1.82, 2.24) is 0 Å². The standard InChI is InChI=1S/C11H16O2S/c1-2-14-9-3-8-13-11-6-4-10(12)5-7-11/h4-7,12H,2-3,8-9H2,1H3. The van der Waals surface area contributed by atoms with E-state index in [4.69, 9.17) is 9.84 Å². The number of benzene rings is 1. The molecule has 1 aromatic carbocycles. The van der Waals surface area contributed by atoms with Gasteiger partial charge in [0.05, 0.1) is 6.61 Å². The third-order valence-electron chi connectivity index (χ3n) is 1.74. The van der Waals surface area contributed by atoms with Crippen LogP contribution >= 0.6 is 11.8 Å². The lowest BCUT2D eigenvalue weighted by molar-refractivity contribution is 0.318. The molecule has 0 radical (unpaired) electrons. The summed E-state index contributed by atoms with van der Waals surface area (Å²) in [5.41, 5.74) is 0. The second-order valence-corrected chi connectivity index (χ2v) is 4.29. The lowest BCUT2D eigenvalue weighted by Gasteiger charge is -2.05. The van der Waals surface area contributed by atoms with Gasteiger partial charge in [0.1, 0.15) is 11.5 Å². The van der Waals surface area contributed by atoms with Crippen LogP contribution in [0.25, 0.3) is 0 Å². The van der Waals surface area contributed by atoms with Gasteiger partial charge in [0.25, 0.3) is 0 Å². The number of phenols is 1. The highest BCUT2D eigenvalue weighted by atomic mass is 32.2. The zero-order valence-electron chi connectivity index (χ0n) is 8.40. The Balaban J connectivity index is 2.15. The summed E-state index contributed by atoms with van der Waals surface area (Å²) < 4.78 is 5.48. The second kappa shape index (κ2) is 6.60. The molecule has 0 heterocycles. The minimum absolute atomic E-state index is 0.277. The molecule has 0 fully saturated rings. The first-order valence-corrected chi connectivity index (χ1v) is 5.98. The van der Waals surface area contributed by atoms with Crippen molar-refractivity contribution in [3.05, 3.63) is 24.3 Å². The highest BCUT2D eigenvalue weighted by molar-refractivity contribution is 7.99. The van der Waals surface area contributed by atoms with Crippen LogP contribution in [0.1, 0.15) is 13.3 Å². The van der Waals surface area contributed by atoms with Crippen LogP contribution in [0.15, 0.2) is 24.3 Å². The lowest BCUT2D eigenvalue weighted by Crippen LogP contribution is -1.98. The maximum Gasteiger partial charge on any atom is 0.119 e. The topological polar surface area (TPSA) is 29.5 Å². The van der Waals surface area contributed by atoms with E-state index >= 15 is 0 Å². The Kier molecular flexibility index (Phi) is 5.30. The van der Waals surface area contributed by atoms with Crippen LogP contribution in [0, 0.1) is 0 Å². The summed E-state index contributed by atoms with van der Waals surface area (Å²) in [4.78, 5) is 0. The fourth-order valence-corrected chi connectivity index (χ4v) is 1.65. The molecule has 0 aliphatic carbocycles. The van der Waals surface area contributed by atoms with E-state index in [1.807, 2.05) is 11.8 Å². The van der Waals surface area contributed by atoms with Gasteiger partial charge in [0.15, 0.2) is 0 Å². The fourth-order valence-electron chi connectivity index (χ4n) is 1.04. The van der Waals surface area contributed by atoms with E-state index < -0.39 is 0 Å². The number of phenolic OH excluding ortho intramolecular Hbond substituents is 1. The lowest BCUT2D eigenvalue weighted by atomic mass is 10.3. The average Bonchev–Trinajstić information content (AvgIpc) is 2.21. The van der Waals surface area contributed by atoms with Crippen LogP contribution in [0.5, 0.6) is 11.5 Å². The summed E-state index contributed by atoms with van der Waals surface area (Å²) in [6, 6.07) is 6.83. The van der Waals surface area contributed by atoms with Gasteiger partial charge < -0.3 is 9.84 Å². The molecule has 1 aromatic rings. The minimum Gasteiger partial charge on any atom is -0.508 e. The van der Waals surface area contributed by atoms with Gasteiger partial charge >= 0.3 is 0 Å². The first-order chi connectivity index (χ1) is 6.83. The molecule has 0 aliphatic heterocycles. The summed E-state index contributed by atoms with van der Waals surface area (Å²) in [6.45, 7) is 2.91. The molecule has 0 spiro atoms. The predicted molar refractivity (Wildman–Crippen MR) is 61.2 cm³/mol. The van der Waals surface area contributed by atoms with E-state index in [2.05, 4.69) is 6.92 Å². The smallest absolute Gasteiger partial charge is 0.119 e. The van der Waals surface area contributed by atoms with Gasteiger partial charge in [-0.2, -0.15) is 11.8 Å². The monoisotopic (exact) mass is 212 g/mol. The number of ether oxygens (including phenoxy) is 1. The quantitative estimate of drug-likeness (QED) is 0.735. The molecule has 3 heteroatoms. The number of rotatable bonds is 6. The van der Waals surface area contributed by atoms with Crippen LogP contribution in [-0.4, -0.2) is 23.2 Å². The van der Waals surface area contributed by atoms with E-state index in [1.165, 1.54) is 5.75 Å². The molecular formula is C11H16O2S. The van der Waals surface area contributed by atoms with Crippen molar-refractivity contribution < 1.29 is 9.84 Å². The molecule has 0 bridgehead atoms. The molecule has 0 saturated carbocycles. The summed E-state index contributed by atoms with van der Waals surface area (Å²) in [6.07, 6.45) is 1.07. The summed E-state index contributed by atoms with van der Waals surface area (Å²) in [5, 5.41) is 9.04. The van der Waals surface area contributed by atoms with Gasteiger partial charge in [0, 0.05) is 0 Å². The first-order valence-electron chi connectivity index (χ1n) is 4.82. The predicted octanol–water partition coefficient (Wildman–Crippen LogP) is 2.91. The van der Waals surface area contributed by atoms with E-state index in [9.17, 15) is 0 Å². The highest BCUT2D eigenvalue weighted by Crippen LogP contribution is 2.16. The van der Waals surface area contributed by atoms with E-state index in [0.717, 1.165) is 24.5 Å². The van der Waals surface area contributed by atoms with Gasteiger partial charge in [0.2, 0.25) is 0 Å². The Bertz CT molecular complexity index is 246. The van der Waals surface area contributed by atoms with Crippen molar-refractivity contribution in [2.75, 3.05) is 18.1 Å². The van der Waals surface area contributed by atoms with Gasteiger partial charge in [-0.25, -0.2) is 0 Å². The van der Waals surface area contributed by atoms with Gasteiger partial charge in [-0.05, 0) is 42.2 Å². The Hall–Kier alpha value is -0.830. The third-order valence-corrected chi connectivity index (χ3v) is 2.73. The zero-order chi connectivity index (χ0) is 10.2. The Morgan fingerprint density at radius 1 is 1.29 bits per heavy atom. The second-order valence-electron chi connectivity index (χ2n) is 2.89. The number of hydrogen-bond acceptors (Lipinski definition) is 3. The zero-order valence-corrected chi connectivity index (χ0v) is 9.22. The van der Waals surface area contributed by atoms with E-state index in [-0.39, 0.29) is 5.75 Å². The summed E-state index contributed by atoms with van der Waals surface area (Å²) >= 11 is 1.93. The van der Waals surface area contributed by atoms with Crippen molar-refractivity contribution >= 4 is 11.8 Å². The van der Waals surface area contributed by atoms with Crippen molar-refractivity contribution in [3.63, 3.8) is 0 Å². The molecule has 78 valence electrons. The van der Waals surface area contributed by atoms with Crippen molar-refractivity contribution in [2.45, 2.75) is 13.3 Å². The minimum atomic E-state index is 0.277. The molecule has 0 aliphatic rings. The van der Waals surface area contributed by atoms with Gasteiger partial charge in [-0.1, -0.05) is 6.92 Å². The maximum absolute atomic E-state index is 9.04. The highest BCUT2D eigenvalue weighted by Gasteiger charge is 1.93. The third kappa shape index (κ3) is 4.42. The van der Waals surface area contributed by atoms with Crippen LogP contribution in [0.2, 0.25) is 0 Å². The molecule has 0 atom stereocenters. The summed E-state index contributed by atoms with van der Waals surface area (Å²) in [5.74, 6) is 3.41. The van der Waals surface area contributed by atoms with E-state index in [0.29, 0.717) is 0 Å². The number of thioether (sulfide) groups is 1. The molecule has 0 amide bonds. The first kappa shape index (κ1) is 11.2. The van der Waals surface area contributed by atoms with Gasteiger partial charge in [-0.3, -0.25) is 0 Å². The van der Waals surface area contributed by atoms with Crippen molar-refractivity contribution in [1.29, 1.82) is 0 Å². The fraction of sp³-hybridized carbons (Fsp3) is 0.455. The normalized spacial score (nSPS) is 10.1. The van der Waals surface area contributed by atoms with Crippen LogP contribution in [0.4, 0.5) is 0 Å². The molecule has 2 nitrogen and oxygen atoms in total. The molecule has 1 rings (SSSR count). The number of hydrogen-bond donors (Lipinski definition) is 1. The molecule has 0 aromatic heterocycles. The SMILES string of the molecule is CCSCCCOc1ccc(O)cc1. The molecule has 0 unspecified atom stereocenters. The Labute approximate surface area is 89.3 Å². The Morgan fingerprint density at radius 2 is 2.00 bits per heavy atom. The van der Waals surface area contributed by atoms with Gasteiger partial charge in [-0.15, -0.1) is 0 Å².